The monoisotopic (exact) mass is 201 g/mol. The summed E-state index contributed by atoms with van der Waals surface area (Å²) in [7, 11) is 0. The Balaban J connectivity index is 2.22. The largest absolute Gasteiger partial charge is 0.263 e. The zero-order valence-electron chi connectivity index (χ0n) is 9.07. The van der Waals surface area contributed by atoms with Gasteiger partial charge in [0.2, 0.25) is 0 Å². The molecule has 1 atom stereocenters. The van der Waals surface area contributed by atoms with Gasteiger partial charge in [-0.1, -0.05) is 38.1 Å². The molecule has 1 aromatic carbocycles. The van der Waals surface area contributed by atoms with E-state index in [0.717, 1.165) is 12.2 Å². The van der Waals surface area contributed by atoms with Crippen LogP contribution in [0.15, 0.2) is 30.6 Å². The van der Waals surface area contributed by atoms with E-state index in [1.807, 2.05) is 0 Å². The van der Waals surface area contributed by atoms with Crippen molar-refractivity contribution >= 4 is 0 Å². The van der Waals surface area contributed by atoms with Crippen molar-refractivity contribution in [1.82, 2.24) is 15.2 Å². The SMILES string of the molecule is CCc1ccc(C(C)c2ncn[nH]2)cc1. The lowest BCUT2D eigenvalue weighted by molar-refractivity contribution is 0.822. The second-order valence-electron chi connectivity index (χ2n) is 3.69. The molecule has 0 saturated heterocycles. The van der Waals surface area contributed by atoms with E-state index in [-0.39, 0.29) is 5.92 Å². The van der Waals surface area contributed by atoms with E-state index >= 15 is 0 Å². The Morgan fingerprint density at radius 1 is 1.27 bits per heavy atom. The molecule has 1 unspecified atom stereocenters. The molecule has 0 aliphatic carbocycles. The highest BCUT2D eigenvalue weighted by atomic mass is 15.2. The first-order valence-electron chi connectivity index (χ1n) is 5.25. The summed E-state index contributed by atoms with van der Waals surface area (Å²) in [5.41, 5.74) is 2.63. The minimum Gasteiger partial charge on any atom is -0.263 e. The van der Waals surface area contributed by atoms with E-state index in [2.05, 4.69) is 53.3 Å². The van der Waals surface area contributed by atoms with Crippen LogP contribution in [0.1, 0.15) is 36.7 Å². The topological polar surface area (TPSA) is 41.6 Å². The van der Waals surface area contributed by atoms with Gasteiger partial charge in [-0.3, -0.25) is 5.10 Å². The summed E-state index contributed by atoms with van der Waals surface area (Å²) in [6.07, 6.45) is 2.63. The van der Waals surface area contributed by atoms with Crippen LogP contribution in [0.2, 0.25) is 0 Å². The average molecular weight is 201 g/mol. The average Bonchev–Trinajstić information content (AvgIpc) is 2.82. The van der Waals surface area contributed by atoms with Crippen molar-refractivity contribution in [3.63, 3.8) is 0 Å². The number of hydrogen-bond acceptors (Lipinski definition) is 2. The minimum absolute atomic E-state index is 0.276. The van der Waals surface area contributed by atoms with Gasteiger partial charge in [-0.2, -0.15) is 5.10 Å². The first-order chi connectivity index (χ1) is 7.31. The van der Waals surface area contributed by atoms with Crippen LogP contribution in [0.25, 0.3) is 0 Å². The number of nitrogens with one attached hydrogen (secondary N) is 1. The van der Waals surface area contributed by atoms with Crippen LogP contribution in [-0.2, 0) is 6.42 Å². The smallest absolute Gasteiger partial charge is 0.137 e. The van der Waals surface area contributed by atoms with E-state index in [9.17, 15) is 0 Å². The maximum Gasteiger partial charge on any atom is 0.137 e. The maximum absolute atomic E-state index is 4.17. The van der Waals surface area contributed by atoms with Gasteiger partial charge in [0.25, 0.3) is 0 Å². The van der Waals surface area contributed by atoms with Crippen molar-refractivity contribution in [2.24, 2.45) is 0 Å². The predicted molar refractivity (Wildman–Crippen MR) is 59.7 cm³/mol. The van der Waals surface area contributed by atoms with Gasteiger partial charge in [-0.25, -0.2) is 4.98 Å². The molecular formula is C12H15N3. The highest BCUT2D eigenvalue weighted by Crippen LogP contribution is 2.20. The second-order valence-corrected chi connectivity index (χ2v) is 3.69. The Bertz CT molecular complexity index is 403. The van der Waals surface area contributed by atoms with Gasteiger partial charge in [-0.15, -0.1) is 0 Å². The molecule has 0 saturated carbocycles. The fourth-order valence-corrected chi connectivity index (χ4v) is 1.62. The number of nitrogens with zero attached hydrogens (tertiary/aromatic N) is 2. The van der Waals surface area contributed by atoms with Crippen LogP contribution in [0.4, 0.5) is 0 Å². The van der Waals surface area contributed by atoms with Crippen molar-refractivity contribution in [3.8, 4) is 0 Å². The molecule has 0 radical (unpaired) electrons. The van der Waals surface area contributed by atoms with Gasteiger partial charge in [0.1, 0.15) is 12.2 Å². The second kappa shape index (κ2) is 4.26. The highest BCUT2D eigenvalue weighted by Gasteiger charge is 2.10. The Morgan fingerprint density at radius 2 is 2.00 bits per heavy atom. The molecule has 1 aromatic heterocycles. The van der Waals surface area contributed by atoms with Crippen LogP contribution in [-0.4, -0.2) is 15.2 Å². The molecule has 3 nitrogen and oxygen atoms in total. The lowest BCUT2D eigenvalue weighted by Gasteiger charge is -2.08. The summed E-state index contributed by atoms with van der Waals surface area (Å²) in [5, 5.41) is 6.77. The summed E-state index contributed by atoms with van der Waals surface area (Å²) < 4.78 is 0. The molecule has 3 heteroatoms. The fourth-order valence-electron chi connectivity index (χ4n) is 1.62. The lowest BCUT2D eigenvalue weighted by atomic mass is 9.99. The van der Waals surface area contributed by atoms with E-state index in [1.54, 1.807) is 6.33 Å². The molecule has 2 rings (SSSR count). The standard InChI is InChI=1S/C12H15N3/c1-3-10-4-6-11(7-5-10)9(2)12-13-8-14-15-12/h4-9H,3H2,1-2H3,(H,13,14,15). The normalized spacial score (nSPS) is 12.7. The van der Waals surface area contributed by atoms with Gasteiger partial charge in [0.05, 0.1) is 0 Å². The lowest BCUT2D eigenvalue weighted by Crippen LogP contribution is -1.98. The number of aromatic nitrogens is 3. The Labute approximate surface area is 89.6 Å². The van der Waals surface area contributed by atoms with Crippen molar-refractivity contribution in [1.29, 1.82) is 0 Å². The Hall–Kier alpha value is -1.64. The summed E-state index contributed by atoms with van der Waals surface area (Å²) in [6, 6.07) is 8.66. The highest BCUT2D eigenvalue weighted by molar-refractivity contribution is 5.28. The molecule has 0 fully saturated rings. The summed E-state index contributed by atoms with van der Waals surface area (Å²) in [4.78, 5) is 4.17. The van der Waals surface area contributed by atoms with Crippen molar-refractivity contribution < 1.29 is 0 Å². The number of rotatable bonds is 3. The summed E-state index contributed by atoms with van der Waals surface area (Å²) >= 11 is 0. The molecule has 0 aliphatic rings. The Morgan fingerprint density at radius 3 is 2.53 bits per heavy atom. The third kappa shape index (κ3) is 2.06. The maximum atomic E-state index is 4.17. The molecule has 2 aromatic rings. The van der Waals surface area contributed by atoms with Crippen LogP contribution >= 0.6 is 0 Å². The van der Waals surface area contributed by atoms with Crippen molar-refractivity contribution in [3.05, 3.63) is 47.5 Å². The van der Waals surface area contributed by atoms with Gasteiger partial charge >= 0.3 is 0 Å². The fraction of sp³-hybridized carbons (Fsp3) is 0.333. The van der Waals surface area contributed by atoms with E-state index in [0.29, 0.717) is 0 Å². The summed E-state index contributed by atoms with van der Waals surface area (Å²) in [6.45, 7) is 4.29. The number of aromatic amines is 1. The molecule has 0 amide bonds. The van der Waals surface area contributed by atoms with E-state index < -0.39 is 0 Å². The van der Waals surface area contributed by atoms with Gasteiger partial charge in [-0.05, 0) is 17.5 Å². The van der Waals surface area contributed by atoms with Crippen LogP contribution < -0.4 is 0 Å². The van der Waals surface area contributed by atoms with Crippen LogP contribution in [0, 0.1) is 0 Å². The van der Waals surface area contributed by atoms with E-state index in [1.165, 1.54) is 11.1 Å². The quantitative estimate of drug-likeness (QED) is 0.829. The van der Waals surface area contributed by atoms with Gasteiger partial charge in [0, 0.05) is 5.92 Å². The summed E-state index contributed by atoms with van der Waals surface area (Å²) in [5.74, 6) is 1.19. The van der Waals surface area contributed by atoms with Gasteiger partial charge < -0.3 is 0 Å². The molecule has 0 aliphatic heterocycles. The predicted octanol–water partition coefficient (Wildman–Crippen LogP) is 2.52. The Kier molecular flexibility index (Phi) is 2.81. The van der Waals surface area contributed by atoms with Crippen molar-refractivity contribution in [2.45, 2.75) is 26.2 Å². The van der Waals surface area contributed by atoms with Crippen LogP contribution in [0.3, 0.4) is 0 Å². The number of benzene rings is 1. The zero-order valence-corrected chi connectivity index (χ0v) is 9.07. The first kappa shape index (κ1) is 9.90. The molecule has 1 heterocycles. The van der Waals surface area contributed by atoms with Gasteiger partial charge in [0.15, 0.2) is 0 Å². The number of aryl methyl sites for hydroxylation is 1. The third-order valence-electron chi connectivity index (χ3n) is 2.73. The van der Waals surface area contributed by atoms with Crippen LogP contribution in [0.5, 0.6) is 0 Å². The number of H-pyrrole nitrogens is 1. The molecule has 0 spiro atoms. The molecule has 78 valence electrons. The molecule has 1 N–H and O–H groups in total. The molecule has 0 bridgehead atoms. The first-order valence-corrected chi connectivity index (χ1v) is 5.25. The third-order valence-corrected chi connectivity index (χ3v) is 2.73. The zero-order chi connectivity index (χ0) is 10.7. The molecule has 15 heavy (non-hydrogen) atoms. The minimum atomic E-state index is 0.276. The van der Waals surface area contributed by atoms with Crippen molar-refractivity contribution in [2.75, 3.05) is 0 Å². The van der Waals surface area contributed by atoms with E-state index in [4.69, 9.17) is 0 Å². The number of hydrogen-bond donors (Lipinski definition) is 1. The molecular weight excluding hydrogens is 186 g/mol.